The van der Waals surface area contributed by atoms with Crippen molar-refractivity contribution >= 4 is 32.8 Å². The Morgan fingerprint density at radius 2 is 1.91 bits per heavy atom. The lowest BCUT2D eigenvalue weighted by atomic mass is 9.93. The van der Waals surface area contributed by atoms with Gasteiger partial charge in [-0.2, -0.15) is 26.9 Å². The number of hydrogen-bond donors (Lipinski definition) is 3. The van der Waals surface area contributed by atoms with Gasteiger partial charge in [-0.3, -0.25) is 14.1 Å². The Balaban J connectivity index is 2.39. The molecule has 1 unspecified atom stereocenters. The Morgan fingerprint density at radius 1 is 1.25 bits per heavy atom. The zero-order valence-electron chi connectivity index (χ0n) is 15.4. The highest BCUT2D eigenvalue weighted by molar-refractivity contribution is 7.86. The SMILES string of the molecule is N#Cc1cnc2[nH]cc(C(=O)c3c(C(C(F)(F)F)S(=O)(=O)O)ccc(C(N)=O)c3F)c2c1. The minimum Gasteiger partial charge on any atom is -0.366 e. The van der Waals surface area contributed by atoms with Crippen molar-refractivity contribution in [2.24, 2.45) is 5.73 Å². The van der Waals surface area contributed by atoms with E-state index in [1.807, 2.05) is 0 Å². The third-order valence-electron chi connectivity index (χ3n) is 4.45. The molecule has 2 heterocycles. The normalized spacial score (nSPS) is 13.0. The van der Waals surface area contributed by atoms with Crippen LogP contribution in [0.2, 0.25) is 0 Å². The van der Waals surface area contributed by atoms with Gasteiger partial charge in [0, 0.05) is 23.3 Å². The van der Waals surface area contributed by atoms with E-state index < -0.39 is 61.3 Å². The monoisotopic (exact) mass is 470 g/mol. The molecular formula is C18H10F4N4O5S. The summed E-state index contributed by atoms with van der Waals surface area (Å²) in [6.45, 7) is 0. The zero-order valence-corrected chi connectivity index (χ0v) is 16.3. The van der Waals surface area contributed by atoms with Crippen molar-refractivity contribution in [3.8, 4) is 6.07 Å². The van der Waals surface area contributed by atoms with E-state index in [2.05, 4.69) is 9.97 Å². The van der Waals surface area contributed by atoms with Crippen molar-refractivity contribution < 1.29 is 40.1 Å². The number of halogens is 4. The van der Waals surface area contributed by atoms with Crippen molar-refractivity contribution in [3.05, 3.63) is 64.2 Å². The van der Waals surface area contributed by atoms with Crippen LogP contribution in [-0.2, 0) is 10.1 Å². The molecule has 0 fully saturated rings. The number of rotatable bonds is 5. The van der Waals surface area contributed by atoms with Crippen LogP contribution in [0.4, 0.5) is 17.6 Å². The first kappa shape index (κ1) is 22.8. The summed E-state index contributed by atoms with van der Waals surface area (Å²) in [5, 5.41) is 5.23. The molecule has 0 spiro atoms. The largest absolute Gasteiger partial charge is 0.411 e. The summed E-state index contributed by atoms with van der Waals surface area (Å²) in [4.78, 5) is 31.0. The van der Waals surface area contributed by atoms with Gasteiger partial charge in [0.2, 0.25) is 5.25 Å². The molecule has 14 heteroatoms. The first-order chi connectivity index (χ1) is 14.8. The Labute approximate surface area is 176 Å². The van der Waals surface area contributed by atoms with Gasteiger partial charge < -0.3 is 10.7 Å². The van der Waals surface area contributed by atoms with Gasteiger partial charge in [0.15, 0.2) is 5.78 Å². The summed E-state index contributed by atoms with van der Waals surface area (Å²) >= 11 is 0. The average molecular weight is 470 g/mol. The summed E-state index contributed by atoms with van der Waals surface area (Å²) < 4.78 is 87.8. The van der Waals surface area contributed by atoms with E-state index in [4.69, 9.17) is 11.0 Å². The van der Waals surface area contributed by atoms with Crippen LogP contribution in [0, 0.1) is 17.1 Å². The molecule has 1 atom stereocenters. The Morgan fingerprint density at radius 3 is 2.44 bits per heavy atom. The van der Waals surface area contributed by atoms with E-state index in [-0.39, 0.29) is 16.6 Å². The molecule has 2 aromatic heterocycles. The molecule has 0 bridgehead atoms. The third kappa shape index (κ3) is 3.90. The molecule has 4 N–H and O–H groups in total. The fraction of sp³-hybridized carbons (Fsp3) is 0.111. The number of aromatic amines is 1. The van der Waals surface area contributed by atoms with E-state index in [1.54, 1.807) is 6.07 Å². The van der Waals surface area contributed by atoms with Crippen LogP contribution in [0.25, 0.3) is 11.0 Å². The van der Waals surface area contributed by atoms with Crippen molar-refractivity contribution in [1.29, 1.82) is 5.26 Å². The average Bonchev–Trinajstić information content (AvgIpc) is 3.08. The van der Waals surface area contributed by atoms with Crippen LogP contribution in [0.5, 0.6) is 0 Å². The van der Waals surface area contributed by atoms with Crippen LogP contribution < -0.4 is 5.73 Å². The van der Waals surface area contributed by atoms with E-state index in [9.17, 15) is 35.7 Å². The number of H-pyrrole nitrogens is 1. The number of pyridine rings is 1. The minimum absolute atomic E-state index is 0.0162. The molecule has 0 saturated carbocycles. The number of primary amides is 1. The number of carbonyl (C=O) groups excluding carboxylic acids is 2. The molecule has 1 aromatic carbocycles. The van der Waals surface area contributed by atoms with Gasteiger partial charge >= 0.3 is 6.18 Å². The lowest BCUT2D eigenvalue weighted by Gasteiger charge is -2.21. The van der Waals surface area contributed by atoms with Crippen LogP contribution in [0.3, 0.4) is 0 Å². The van der Waals surface area contributed by atoms with Gasteiger partial charge in [0.05, 0.1) is 16.7 Å². The second kappa shape index (κ2) is 7.70. The molecule has 0 saturated heterocycles. The van der Waals surface area contributed by atoms with Gasteiger partial charge in [-0.25, -0.2) is 9.37 Å². The second-order valence-electron chi connectivity index (χ2n) is 6.46. The molecule has 9 nitrogen and oxygen atoms in total. The fourth-order valence-corrected chi connectivity index (χ4v) is 3.98. The summed E-state index contributed by atoms with van der Waals surface area (Å²) in [6, 6.07) is 3.72. The first-order valence-electron chi connectivity index (χ1n) is 8.34. The molecule has 0 radical (unpaired) electrons. The molecule has 0 aliphatic heterocycles. The van der Waals surface area contributed by atoms with Crippen LogP contribution >= 0.6 is 0 Å². The number of nitrogens with two attached hydrogens (primary N) is 1. The van der Waals surface area contributed by atoms with Gasteiger partial charge in [-0.05, 0) is 17.7 Å². The van der Waals surface area contributed by atoms with Gasteiger partial charge in [-0.1, -0.05) is 6.07 Å². The lowest BCUT2D eigenvalue weighted by molar-refractivity contribution is -0.132. The molecule has 0 aliphatic carbocycles. The van der Waals surface area contributed by atoms with E-state index in [1.165, 1.54) is 0 Å². The number of alkyl halides is 3. The van der Waals surface area contributed by atoms with Gasteiger partial charge in [0.1, 0.15) is 17.5 Å². The number of aromatic nitrogens is 2. The quantitative estimate of drug-likeness (QED) is 0.292. The minimum atomic E-state index is -5.93. The van der Waals surface area contributed by atoms with E-state index in [0.29, 0.717) is 12.1 Å². The zero-order chi connectivity index (χ0) is 24.0. The molecule has 166 valence electrons. The van der Waals surface area contributed by atoms with Crippen molar-refractivity contribution in [2.45, 2.75) is 11.4 Å². The highest BCUT2D eigenvalue weighted by Gasteiger charge is 2.51. The smallest absolute Gasteiger partial charge is 0.366 e. The Bertz CT molecular complexity index is 1420. The summed E-state index contributed by atoms with van der Waals surface area (Å²) in [5.74, 6) is -4.72. The number of amides is 1. The maximum Gasteiger partial charge on any atom is 0.411 e. The number of benzene rings is 1. The predicted molar refractivity (Wildman–Crippen MR) is 99.5 cm³/mol. The molecule has 3 aromatic rings. The fourth-order valence-electron chi connectivity index (χ4n) is 3.12. The molecule has 0 aliphatic rings. The highest BCUT2D eigenvalue weighted by Crippen LogP contribution is 2.41. The number of carbonyl (C=O) groups is 2. The standard InChI is InChI=1S/C18H10F4N4O5S/c19-13-9(16(24)28)2-1-8(15(18(20,21)22)32(29,30)31)12(13)14(27)11-6-26-17-10(11)3-7(4-23)5-25-17/h1-3,5-6,15H,(H2,24,28)(H,25,26)(H,29,30,31). The Kier molecular flexibility index (Phi) is 5.49. The summed E-state index contributed by atoms with van der Waals surface area (Å²) in [7, 11) is -5.93. The number of nitrogens with zero attached hydrogens (tertiary/aromatic N) is 2. The van der Waals surface area contributed by atoms with Gasteiger partial charge in [-0.15, -0.1) is 0 Å². The summed E-state index contributed by atoms with van der Waals surface area (Å²) in [5.41, 5.74) is 0.629. The number of fused-ring (bicyclic) bond motifs is 1. The number of ketones is 1. The molecule has 32 heavy (non-hydrogen) atoms. The molecule has 3 rings (SSSR count). The highest BCUT2D eigenvalue weighted by atomic mass is 32.2. The van der Waals surface area contributed by atoms with Crippen LogP contribution in [-0.4, -0.2) is 40.8 Å². The lowest BCUT2D eigenvalue weighted by Crippen LogP contribution is -2.31. The maximum atomic E-state index is 15.1. The molecular weight excluding hydrogens is 460 g/mol. The third-order valence-corrected chi connectivity index (χ3v) is 5.57. The number of hydrogen-bond acceptors (Lipinski definition) is 6. The van der Waals surface area contributed by atoms with Crippen molar-refractivity contribution in [3.63, 3.8) is 0 Å². The van der Waals surface area contributed by atoms with E-state index in [0.717, 1.165) is 18.5 Å². The maximum absolute atomic E-state index is 15.1. The van der Waals surface area contributed by atoms with Gasteiger partial charge in [0.25, 0.3) is 16.0 Å². The van der Waals surface area contributed by atoms with Crippen LogP contribution in [0.15, 0.2) is 30.6 Å². The topological polar surface area (TPSA) is 167 Å². The second-order valence-corrected chi connectivity index (χ2v) is 7.96. The molecule has 1 amide bonds. The van der Waals surface area contributed by atoms with Crippen LogP contribution in [0.1, 0.15) is 42.7 Å². The number of nitrogens with one attached hydrogen (secondary N) is 1. The summed E-state index contributed by atoms with van der Waals surface area (Å²) in [6.07, 6.45) is -3.57. The van der Waals surface area contributed by atoms with E-state index >= 15 is 4.39 Å². The Hall–Kier alpha value is -3.83. The van der Waals surface area contributed by atoms with Crippen molar-refractivity contribution in [1.82, 2.24) is 9.97 Å². The first-order valence-corrected chi connectivity index (χ1v) is 9.84. The predicted octanol–water partition coefficient (Wildman–Crippen LogP) is 2.39. The number of nitriles is 1. The van der Waals surface area contributed by atoms with Crippen molar-refractivity contribution in [2.75, 3.05) is 0 Å².